The van der Waals surface area contributed by atoms with E-state index in [1.165, 1.54) is 6.07 Å². The molecular weight excluding hydrogens is 360 g/mol. The Kier molecular flexibility index (Phi) is 4.94. The largest absolute Gasteiger partial charge is 0.419 e. The normalized spacial score (nSPS) is 21.7. The zero-order valence-electron chi connectivity index (χ0n) is 14.8. The summed E-state index contributed by atoms with van der Waals surface area (Å²) in [7, 11) is 0. The van der Waals surface area contributed by atoms with E-state index in [0.29, 0.717) is 11.3 Å². The van der Waals surface area contributed by atoms with Gasteiger partial charge >= 0.3 is 6.18 Å². The number of imidazole rings is 1. The second kappa shape index (κ2) is 7.24. The molecule has 0 amide bonds. The molecule has 8 heteroatoms. The molecule has 1 atom stereocenters. The number of alkyl halides is 3. The lowest BCUT2D eigenvalue weighted by Gasteiger charge is -2.24. The highest BCUT2D eigenvalue weighted by Crippen LogP contribution is 2.36. The van der Waals surface area contributed by atoms with Gasteiger partial charge in [-0.25, -0.2) is 9.37 Å². The molecule has 3 heterocycles. The van der Waals surface area contributed by atoms with Gasteiger partial charge in [0.15, 0.2) is 0 Å². The van der Waals surface area contributed by atoms with E-state index in [2.05, 4.69) is 15.2 Å². The third-order valence-corrected chi connectivity index (χ3v) is 5.46. The third kappa shape index (κ3) is 3.73. The van der Waals surface area contributed by atoms with E-state index < -0.39 is 17.6 Å². The van der Waals surface area contributed by atoms with Crippen LogP contribution in [0, 0.1) is 5.82 Å². The topological polar surface area (TPSA) is 41.9 Å². The van der Waals surface area contributed by atoms with Crippen LogP contribution in [0.2, 0.25) is 0 Å². The van der Waals surface area contributed by atoms with Crippen LogP contribution in [-0.4, -0.2) is 35.7 Å². The molecule has 1 unspecified atom stereocenters. The number of piperidine rings is 1. The Bertz CT molecular complexity index is 803. The van der Waals surface area contributed by atoms with Crippen molar-refractivity contribution in [3.05, 3.63) is 41.6 Å². The zero-order valence-corrected chi connectivity index (χ0v) is 14.8. The standard InChI is InChI=1S/C19H22F4N4/c20-16-2-1-13(9-15(16)19(21,22)23)17-11-27(14-5-8-25-10-14)18(26-17)12-3-6-24-7-4-12/h1-2,9,11-12,14,24-25H,3-8,10H2. The second-order valence-corrected chi connectivity index (χ2v) is 7.25. The molecule has 2 fully saturated rings. The van der Waals surface area contributed by atoms with Crippen LogP contribution in [0.3, 0.4) is 0 Å². The number of nitrogens with zero attached hydrogens (tertiary/aromatic N) is 2. The molecule has 2 aliphatic rings. The molecule has 2 aromatic rings. The molecule has 0 saturated carbocycles. The van der Waals surface area contributed by atoms with Gasteiger partial charge < -0.3 is 15.2 Å². The second-order valence-electron chi connectivity index (χ2n) is 7.25. The van der Waals surface area contributed by atoms with E-state index in [1.54, 1.807) is 0 Å². The molecule has 2 aliphatic heterocycles. The first-order valence-electron chi connectivity index (χ1n) is 9.31. The quantitative estimate of drug-likeness (QED) is 0.796. The molecule has 2 saturated heterocycles. The molecule has 2 N–H and O–H groups in total. The van der Waals surface area contributed by atoms with Crippen molar-refractivity contribution in [3.63, 3.8) is 0 Å². The molecule has 27 heavy (non-hydrogen) atoms. The molecule has 0 bridgehead atoms. The maximum atomic E-state index is 13.6. The number of aromatic nitrogens is 2. The number of rotatable bonds is 3. The summed E-state index contributed by atoms with van der Waals surface area (Å²) in [5.41, 5.74) is -0.481. The van der Waals surface area contributed by atoms with Crippen LogP contribution in [0.5, 0.6) is 0 Å². The van der Waals surface area contributed by atoms with Gasteiger partial charge in [-0.1, -0.05) is 0 Å². The summed E-state index contributed by atoms with van der Waals surface area (Å²) in [6.45, 7) is 3.55. The lowest BCUT2D eigenvalue weighted by atomic mass is 9.97. The van der Waals surface area contributed by atoms with Crippen LogP contribution < -0.4 is 10.6 Å². The van der Waals surface area contributed by atoms with E-state index in [4.69, 9.17) is 4.98 Å². The Hall–Kier alpha value is -1.93. The van der Waals surface area contributed by atoms with Crippen molar-refractivity contribution in [1.29, 1.82) is 0 Å². The van der Waals surface area contributed by atoms with Crippen LogP contribution >= 0.6 is 0 Å². The summed E-state index contributed by atoms with van der Waals surface area (Å²) in [4.78, 5) is 4.72. The SMILES string of the molecule is Fc1ccc(-c2cn(C3CCNC3)c(C3CCNCC3)n2)cc1C(F)(F)F. The Morgan fingerprint density at radius 2 is 1.78 bits per heavy atom. The molecule has 0 radical (unpaired) electrons. The minimum atomic E-state index is -4.73. The Morgan fingerprint density at radius 1 is 1.04 bits per heavy atom. The highest BCUT2D eigenvalue weighted by molar-refractivity contribution is 5.60. The highest BCUT2D eigenvalue weighted by Gasteiger charge is 2.35. The first-order valence-corrected chi connectivity index (χ1v) is 9.31. The number of hydrogen-bond donors (Lipinski definition) is 2. The third-order valence-electron chi connectivity index (χ3n) is 5.46. The average Bonchev–Trinajstić information content (AvgIpc) is 3.31. The van der Waals surface area contributed by atoms with Crippen molar-refractivity contribution in [1.82, 2.24) is 20.2 Å². The van der Waals surface area contributed by atoms with Gasteiger partial charge in [-0.05, 0) is 57.1 Å². The monoisotopic (exact) mass is 382 g/mol. The minimum absolute atomic E-state index is 0.249. The predicted molar refractivity (Wildman–Crippen MR) is 94.0 cm³/mol. The van der Waals surface area contributed by atoms with Crippen LogP contribution in [0.1, 0.15) is 42.6 Å². The summed E-state index contributed by atoms with van der Waals surface area (Å²) in [5.74, 6) is -0.0505. The summed E-state index contributed by atoms with van der Waals surface area (Å²) >= 11 is 0. The van der Waals surface area contributed by atoms with Crippen LogP contribution in [0.15, 0.2) is 24.4 Å². The number of benzene rings is 1. The molecule has 0 aliphatic carbocycles. The fraction of sp³-hybridized carbons (Fsp3) is 0.526. The van der Waals surface area contributed by atoms with Crippen LogP contribution in [0.4, 0.5) is 17.6 Å². The van der Waals surface area contributed by atoms with E-state index >= 15 is 0 Å². The van der Waals surface area contributed by atoms with Gasteiger partial charge in [0, 0.05) is 30.3 Å². The fourth-order valence-electron chi connectivity index (χ4n) is 4.00. The molecule has 146 valence electrons. The van der Waals surface area contributed by atoms with E-state index in [0.717, 1.165) is 63.4 Å². The lowest BCUT2D eigenvalue weighted by molar-refractivity contribution is -0.139. The van der Waals surface area contributed by atoms with Crippen molar-refractivity contribution >= 4 is 0 Å². The molecular formula is C19H22F4N4. The van der Waals surface area contributed by atoms with Gasteiger partial charge in [0.25, 0.3) is 0 Å². The number of nitrogens with one attached hydrogen (secondary N) is 2. The number of halogens is 4. The van der Waals surface area contributed by atoms with Gasteiger partial charge in [-0.3, -0.25) is 0 Å². The van der Waals surface area contributed by atoms with Crippen molar-refractivity contribution in [2.24, 2.45) is 0 Å². The van der Waals surface area contributed by atoms with Gasteiger partial charge in [-0.2, -0.15) is 13.2 Å². The summed E-state index contributed by atoms with van der Waals surface area (Å²) < 4.78 is 55.0. The highest BCUT2D eigenvalue weighted by atomic mass is 19.4. The molecule has 4 nitrogen and oxygen atoms in total. The zero-order chi connectivity index (χ0) is 19.0. The Labute approximate surface area is 155 Å². The maximum absolute atomic E-state index is 13.6. The van der Waals surface area contributed by atoms with Crippen molar-refractivity contribution in [2.45, 2.75) is 37.4 Å². The first kappa shape index (κ1) is 18.4. The minimum Gasteiger partial charge on any atom is -0.330 e. The average molecular weight is 382 g/mol. The van der Waals surface area contributed by atoms with E-state index in [1.807, 2.05) is 6.20 Å². The van der Waals surface area contributed by atoms with Crippen molar-refractivity contribution < 1.29 is 17.6 Å². The van der Waals surface area contributed by atoms with Crippen molar-refractivity contribution in [3.8, 4) is 11.3 Å². The number of hydrogen-bond acceptors (Lipinski definition) is 3. The summed E-state index contributed by atoms with van der Waals surface area (Å²) in [6, 6.07) is 3.36. The van der Waals surface area contributed by atoms with Gasteiger partial charge in [0.1, 0.15) is 11.6 Å². The van der Waals surface area contributed by atoms with Crippen molar-refractivity contribution in [2.75, 3.05) is 26.2 Å². The first-order chi connectivity index (χ1) is 12.9. The van der Waals surface area contributed by atoms with Gasteiger partial charge in [0.05, 0.1) is 11.3 Å². The lowest BCUT2D eigenvalue weighted by Crippen LogP contribution is -2.28. The van der Waals surface area contributed by atoms with Gasteiger partial charge in [-0.15, -0.1) is 0 Å². The Balaban J connectivity index is 1.75. The molecule has 1 aromatic carbocycles. The smallest absolute Gasteiger partial charge is 0.330 e. The van der Waals surface area contributed by atoms with Gasteiger partial charge in [0.2, 0.25) is 0 Å². The maximum Gasteiger partial charge on any atom is 0.419 e. The molecule has 0 spiro atoms. The predicted octanol–water partition coefficient (Wildman–Crippen LogP) is 3.71. The van der Waals surface area contributed by atoms with Crippen LogP contribution in [0.25, 0.3) is 11.3 Å². The summed E-state index contributed by atoms with van der Waals surface area (Å²) in [6.07, 6.45) is -0.0229. The fourth-order valence-corrected chi connectivity index (χ4v) is 4.00. The summed E-state index contributed by atoms with van der Waals surface area (Å²) in [5, 5.41) is 6.65. The molecule has 4 rings (SSSR count). The van der Waals surface area contributed by atoms with E-state index in [9.17, 15) is 17.6 Å². The van der Waals surface area contributed by atoms with Crippen LogP contribution in [-0.2, 0) is 6.18 Å². The van der Waals surface area contributed by atoms with E-state index in [-0.39, 0.29) is 12.0 Å². The Morgan fingerprint density at radius 3 is 2.44 bits per heavy atom. The molecule has 1 aromatic heterocycles.